The Labute approximate surface area is 255 Å². The molecule has 2 aromatic heterocycles. The van der Waals surface area contributed by atoms with Crippen molar-refractivity contribution in [2.45, 2.75) is 51.4 Å². The van der Waals surface area contributed by atoms with Crippen LogP contribution in [0.3, 0.4) is 0 Å². The summed E-state index contributed by atoms with van der Waals surface area (Å²) in [5.41, 5.74) is 7.82. The van der Waals surface area contributed by atoms with Crippen LogP contribution in [0.15, 0.2) is 42.7 Å². The average molecular weight is 625 g/mol. The second-order valence-electron chi connectivity index (χ2n) is 10.7. The van der Waals surface area contributed by atoms with Crippen molar-refractivity contribution in [2.75, 3.05) is 18.8 Å². The topological polar surface area (TPSA) is 127 Å². The lowest BCUT2D eigenvalue weighted by Gasteiger charge is -2.33. The number of Topliss-reactive ketones (excluding diaryl/α,β-unsaturated/α-hetero) is 1. The van der Waals surface area contributed by atoms with Crippen LogP contribution in [0.25, 0.3) is 11.0 Å². The van der Waals surface area contributed by atoms with Crippen molar-refractivity contribution in [3.8, 4) is 11.8 Å². The molecule has 1 fully saturated rings. The number of alkyl halides is 3. The number of ketones is 1. The van der Waals surface area contributed by atoms with Gasteiger partial charge in [0.15, 0.2) is 11.4 Å². The number of aromatic nitrogens is 4. The van der Waals surface area contributed by atoms with E-state index in [1.54, 1.807) is 27.8 Å². The molecule has 0 unspecified atom stereocenters. The molecule has 1 amide bonds. The molecule has 1 aliphatic heterocycles. The molecule has 0 bridgehead atoms. The van der Waals surface area contributed by atoms with Crippen LogP contribution >= 0.6 is 11.6 Å². The fraction of sp³-hybridized carbons (Fsp3) is 0.323. The monoisotopic (exact) mass is 624 g/mol. The molecule has 0 aliphatic carbocycles. The van der Waals surface area contributed by atoms with Gasteiger partial charge in [-0.1, -0.05) is 29.7 Å². The Kier molecular flexibility index (Phi) is 8.63. The van der Waals surface area contributed by atoms with Crippen LogP contribution in [0.5, 0.6) is 0 Å². The predicted molar refractivity (Wildman–Crippen MR) is 158 cm³/mol. The number of aliphatic hydroxyl groups is 1. The number of aryl methyl sites for hydroxylation is 1. The number of benzene rings is 2. The second kappa shape index (κ2) is 12.3. The number of anilines is 1. The number of hydrogen-bond acceptors (Lipinski definition) is 7. The van der Waals surface area contributed by atoms with E-state index >= 15 is 0 Å². The van der Waals surface area contributed by atoms with Crippen LogP contribution in [-0.4, -0.2) is 60.6 Å². The molecule has 44 heavy (non-hydrogen) atoms. The van der Waals surface area contributed by atoms with Crippen LogP contribution in [0.1, 0.15) is 64.1 Å². The van der Waals surface area contributed by atoms with Crippen LogP contribution in [-0.2, 0) is 17.4 Å². The van der Waals surface area contributed by atoms with Gasteiger partial charge in [0, 0.05) is 30.6 Å². The van der Waals surface area contributed by atoms with Crippen molar-refractivity contribution in [3.05, 3.63) is 81.3 Å². The van der Waals surface area contributed by atoms with Gasteiger partial charge in [0.2, 0.25) is 0 Å². The van der Waals surface area contributed by atoms with Crippen molar-refractivity contribution in [1.29, 1.82) is 0 Å². The lowest BCUT2D eigenvalue weighted by atomic mass is 9.98. The highest BCUT2D eigenvalue weighted by molar-refractivity contribution is 6.31. The summed E-state index contributed by atoms with van der Waals surface area (Å²) in [5, 5.41) is 14.5. The number of aliphatic hydroxyl groups excluding tert-OH is 1. The molecule has 0 saturated carbocycles. The summed E-state index contributed by atoms with van der Waals surface area (Å²) in [6.45, 7) is 4.15. The highest BCUT2D eigenvalue weighted by Gasteiger charge is 2.34. The molecule has 228 valence electrons. The quantitative estimate of drug-likeness (QED) is 0.242. The van der Waals surface area contributed by atoms with Crippen molar-refractivity contribution < 1.29 is 27.9 Å². The standard InChI is InChI=1S/C31H28ClF3N6O3/c1-17-5-6-19(13-26(43)21-7-9-24(32)23(14-21)31(33,34)35)12-20(17)8-10-25-27-28(36)37-16-38-29(27)41(39-25)22-4-3-11-40(15-22)30(44)18(2)42/h5-7,9,12,14,16,18,22,42H,3-4,11,13,15H2,1-2H3,(H2,36,37,38)/t18-,22-/m1/s1. The minimum atomic E-state index is -4.68. The Morgan fingerprint density at radius 1 is 1.18 bits per heavy atom. The molecule has 1 saturated heterocycles. The number of likely N-dealkylation sites (tertiary alicyclic amines) is 1. The molecular formula is C31H28ClF3N6O3. The SMILES string of the molecule is Cc1ccc(CC(=O)c2ccc(Cl)c(C(F)(F)F)c2)cc1C#Cc1nn([C@@H]2CCCN(C(=O)[C@@H](C)O)C2)c2ncnc(N)c12. The molecule has 3 heterocycles. The van der Waals surface area contributed by atoms with Gasteiger partial charge in [0.05, 0.1) is 22.0 Å². The lowest BCUT2D eigenvalue weighted by molar-refractivity contribution is -0.141. The molecular weight excluding hydrogens is 597 g/mol. The van der Waals surface area contributed by atoms with E-state index in [0.29, 0.717) is 47.4 Å². The Morgan fingerprint density at radius 2 is 1.95 bits per heavy atom. The smallest absolute Gasteiger partial charge is 0.384 e. The number of halogens is 4. The largest absolute Gasteiger partial charge is 0.417 e. The van der Waals surface area contributed by atoms with Gasteiger partial charge in [-0.3, -0.25) is 9.59 Å². The summed E-state index contributed by atoms with van der Waals surface area (Å²) in [7, 11) is 0. The first kappa shape index (κ1) is 31.0. The van der Waals surface area contributed by atoms with Crippen LogP contribution in [0.4, 0.5) is 19.0 Å². The Morgan fingerprint density at radius 3 is 2.68 bits per heavy atom. The zero-order chi connectivity index (χ0) is 31.8. The Bertz CT molecular complexity index is 1830. The molecule has 2 aromatic carbocycles. The normalized spacial score (nSPS) is 16.0. The number of nitrogens with two attached hydrogens (primary N) is 1. The number of hydrogen-bond donors (Lipinski definition) is 2. The van der Waals surface area contributed by atoms with Gasteiger partial charge in [-0.05, 0) is 68.0 Å². The first-order valence-electron chi connectivity index (χ1n) is 13.8. The summed E-state index contributed by atoms with van der Waals surface area (Å²) >= 11 is 5.70. The van der Waals surface area contributed by atoms with E-state index < -0.39 is 28.6 Å². The maximum absolute atomic E-state index is 13.3. The van der Waals surface area contributed by atoms with E-state index in [1.807, 2.05) is 6.92 Å². The molecule has 1 aliphatic rings. The molecule has 3 N–H and O–H groups in total. The third kappa shape index (κ3) is 6.39. The van der Waals surface area contributed by atoms with E-state index in [-0.39, 0.29) is 29.8 Å². The maximum atomic E-state index is 13.3. The number of piperidine rings is 1. The number of nitrogens with zero attached hydrogens (tertiary/aromatic N) is 5. The van der Waals surface area contributed by atoms with Crippen molar-refractivity contribution in [3.63, 3.8) is 0 Å². The fourth-order valence-corrected chi connectivity index (χ4v) is 5.42. The maximum Gasteiger partial charge on any atom is 0.417 e. The van der Waals surface area contributed by atoms with Gasteiger partial charge >= 0.3 is 6.18 Å². The minimum absolute atomic E-state index is 0.0983. The van der Waals surface area contributed by atoms with Gasteiger partial charge in [0.25, 0.3) is 5.91 Å². The van der Waals surface area contributed by atoms with E-state index in [0.717, 1.165) is 24.1 Å². The third-order valence-corrected chi connectivity index (χ3v) is 7.84. The average Bonchev–Trinajstić information content (AvgIpc) is 3.36. The van der Waals surface area contributed by atoms with Crippen LogP contribution in [0, 0.1) is 18.8 Å². The number of carbonyl (C=O) groups is 2. The lowest BCUT2D eigenvalue weighted by Crippen LogP contribution is -2.44. The van der Waals surface area contributed by atoms with Crippen molar-refractivity contribution in [1.82, 2.24) is 24.6 Å². The molecule has 5 rings (SSSR count). The van der Waals surface area contributed by atoms with Gasteiger partial charge < -0.3 is 15.7 Å². The van der Waals surface area contributed by atoms with Crippen molar-refractivity contribution >= 4 is 40.1 Å². The highest BCUT2D eigenvalue weighted by atomic mass is 35.5. The highest BCUT2D eigenvalue weighted by Crippen LogP contribution is 2.35. The Hall–Kier alpha value is -4.47. The number of amides is 1. The van der Waals surface area contributed by atoms with Crippen LogP contribution in [0.2, 0.25) is 5.02 Å². The number of carbonyl (C=O) groups excluding carboxylic acids is 2. The first-order chi connectivity index (χ1) is 20.8. The van der Waals surface area contributed by atoms with Gasteiger partial charge in [0.1, 0.15) is 23.9 Å². The summed E-state index contributed by atoms with van der Waals surface area (Å²) in [6.07, 6.45) is -3.17. The second-order valence-corrected chi connectivity index (χ2v) is 11.1. The van der Waals surface area contributed by atoms with E-state index in [9.17, 15) is 27.9 Å². The molecule has 0 spiro atoms. The van der Waals surface area contributed by atoms with Gasteiger partial charge in [-0.15, -0.1) is 0 Å². The third-order valence-electron chi connectivity index (χ3n) is 7.51. The van der Waals surface area contributed by atoms with E-state index in [4.69, 9.17) is 22.4 Å². The van der Waals surface area contributed by atoms with Crippen LogP contribution < -0.4 is 5.73 Å². The summed E-state index contributed by atoms with van der Waals surface area (Å²) in [5.74, 6) is 5.47. The fourth-order valence-electron chi connectivity index (χ4n) is 5.20. The van der Waals surface area contributed by atoms with E-state index in [1.165, 1.54) is 19.3 Å². The Balaban J connectivity index is 1.44. The van der Waals surface area contributed by atoms with Crippen molar-refractivity contribution in [2.24, 2.45) is 0 Å². The summed E-state index contributed by atoms with van der Waals surface area (Å²) in [4.78, 5) is 35.4. The van der Waals surface area contributed by atoms with Gasteiger partial charge in [-0.25, -0.2) is 14.6 Å². The molecule has 2 atom stereocenters. The summed E-state index contributed by atoms with van der Waals surface area (Å²) < 4.78 is 41.6. The number of fused-ring (bicyclic) bond motifs is 1. The molecule has 4 aromatic rings. The molecule has 9 nitrogen and oxygen atoms in total. The van der Waals surface area contributed by atoms with Gasteiger partial charge in [-0.2, -0.15) is 18.3 Å². The van der Waals surface area contributed by atoms with E-state index in [2.05, 4.69) is 21.8 Å². The number of nitrogen functional groups attached to an aromatic ring is 1. The molecule has 0 radical (unpaired) electrons. The predicted octanol–water partition coefficient (Wildman–Crippen LogP) is 4.76. The first-order valence-corrected chi connectivity index (χ1v) is 14.2. The molecule has 13 heteroatoms. The number of rotatable bonds is 5. The summed E-state index contributed by atoms with van der Waals surface area (Å²) in [6, 6.07) is 8.09. The zero-order valence-corrected chi connectivity index (χ0v) is 24.6. The zero-order valence-electron chi connectivity index (χ0n) is 23.8. The minimum Gasteiger partial charge on any atom is -0.384 e.